The first-order valence-corrected chi connectivity index (χ1v) is 6.34. The van der Waals surface area contributed by atoms with E-state index in [0.717, 1.165) is 19.5 Å². The molecule has 0 fully saturated rings. The molecule has 0 aliphatic carbocycles. The van der Waals surface area contributed by atoms with E-state index < -0.39 is 0 Å². The summed E-state index contributed by atoms with van der Waals surface area (Å²) in [6, 6.07) is 5.73. The quantitative estimate of drug-likeness (QED) is 0.831. The number of likely N-dealkylation sites (N-methyl/N-ethyl adjacent to an activating group) is 1. The van der Waals surface area contributed by atoms with Crippen LogP contribution in [0.1, 0.15) is 28.4 Å². The molecule has 1 amide bonds. The highest BCUT2D eigenvalue weighted by Gasteiger charge is 2.18. The summed E-state index contributed by atoms with van der Waals surface area (Å²) in [4.78, 5) is 13.8. The lowest BCUT2D eigenvalue weighted by atomic mass is 9.98. The van der Waals surface area contributed by atoms with Crippen molar-refractivity contribution in [1.29, 1.82) is 0 Å². The minimum atomic E-state index is -0.161. The van der Waals surface area contributed by atoms with E-state index in [1.54, 1.807) is 11.9 Å². The molecule has 4 nitrogen and oxygen atoms in total. The molecule has 2 N–H and O–H groups in total. The maximum Gasteiger partial charge on any atom is 0.253 e. The monoisotopic (exact) mass is 248 g/mol. The van der Waals surface area contributed by atoms with Crippen LogP contribution >= 0.6 is 0 Å². The van der Waals surface area contributed by atoms with Gasteiger partial charge in [-0.1, -0.05) is 6.07 Å². The van der Waals surface area contributed by atoms with Crippen molar-refractivity contribution in [3.63, 3.8) is 0 Å². The van der Waals surface area contributed by atoms with Crippen LogP contribution in [0, 0.1) is 0 Å². The van der Waals surface area contributed by atoms with E-state index in [0.29, 0.717) is 5.56 Å². The maximum atomic E-state index is 12.2. The summed E-state index contributed by atoms with van der Waals surface area (Å²) < 4.78 is 0. The zero-order valence-electron chi connectivity index (χ0n) is 10.9. The highest BCUT2D eigenvalue weighted by Crippen LogP contribution is 2.17. The van der Waals surface area contributed by atoms with Crippen LogP contribution < -0.4 is 5.32 Å². The van der Waals surface area contributed by atoms with Crippen LogP contribution in [0.3, 0.4) is 0 Å². The summed E-state index contributed by atoms with van der Waals surface area (Å²) >= 11 is 0. The second kappa shape index (κ2) is 5.50. The predicted molar refractivity (Wildman–Crippen MR) is 70.5 cm³/mol. The predicted octanol–water partition coefficient (Wildman–Crippen LogP) is 0.785. The van der Waals surface area contributed by atoms with Crippen molar-refractivity contribution in [2.75, 3.05) is 20.2 Å². The van der Waals surface area contributed by atoms with Gasteiger partial charge in [0.25, 0.3) is 5.91 Å². The molecule has 2 rings (SSSR count). The van der Waals surface area contributed by atoms with Gasteiger partial charge in [-0.3, -0.25) is 4.79 Å². The highest BCUT2D eigenvalue weighted by atomic mass is 16.3. The molecule has 1 aliphatic heterocycles. The third-order valence-corrected chi connectivity index (χ3v) is 3.59. The van der Waals surface area contributed by atoms with Crippen molar-refractivity contribution >= 4 is 5.91 Å². The molecule has 1 heterocycles. The first-order valence-electron chi connectivity index (χ1n) is 6.34. The molecule has 0 spiro atoms. The maximum absolute atomic E-state index is 12.2. The Labute approximate surface area is 108 Å². The molecular formula is C14H20N2O2. The highest BCUT2D eigenvalue weighted by molar-refractivity contribution is 5.94. The lowest BCUT2D eigenvalue weighted by Crippen LogP contribution is -2.37. The van der Waals surface area contributed by atoms with Crippen molar-refractivity contribution in [3.05, 3.63) is 34.9 Å². The minimum Gasteiger partial charge on any atom is -0.394 e. The summed E-state index contributed by atoms with van der Waals surface area (Å²) in [6.07, 6.45) is 1.02. The van der Waals surface area contributed by atoms with Gasteiger partial charge < -0.3 is 15.3 Å². The molecule has 1 unspecified atom stereocenters. The molecule has 1 atom stereocenters. The van der Waals surface area contributed by atoms with Crippen LogP contribution in [0.4, 0.5) is 0 Å². The molecule has 4 heteroatoms. The standard InChI is InChI=1S/C14H20N2O2/c1-10(9-17)16(2)14(18)12-4-3-11-5-6-15-8-13(11)7-12/h3-4,7,10,15,17H,5-6,8-9H2,1-2H3. The molecular weight excluding hydrogens is 228 g/mol. The van der Waals surface area contributed by atoms with Crippen LogP contribution in [-0.2, 0) is 13.0 Å². The van der Waals surface area contributed by atoms with Gasteiger partial charge >= 0.3 is 0 Å². The van der Waals surface area contributed by atoms with Crippen molar-refractivity contribution < 1.29 is 9.90 Å². The van der Waals surface area contributed by atoms with E-state index in [4.69, 9.17) is 5.11 Å². The topological polar surface area (TPSA) is 52.6 Å². The fourth-order valence-electron chi connectivity index (χ4n) is 2.14. The zero-order valence-corrected chi connectivity index (χ0v) is 10.9. The molecule has 0 saturated heterocycles. The smallest absolute Gasteiger partial charge is 0.253 e. The van der Waals surface area contributed by atoms with Gasteiger partial charge in [0, 0.05) is 19.2 Å². The Bertz CT molecular complexity index is 445. The SMILES string of the molecule is CC(CO)N(C)C(=O)c1ccc2c(c1)CNCC2. The minimum absolute atomic E-state index is 0.0191. The van der Waals surface area contributed by atoms with E-state index in [9.17, 15) is 4.79 Å². The van der Waals surface area contributed by atoms with Crippen LogP contribution in [0.25, 0.3) is 0 Å². The fourth-order valence-corrected chi connectivity index (χ4v) is 2.14. The van der Waals surface area contributed by atoms with E-state index in [-0.39, 0.29) is 18.6 Å². The number of hydrogen-bond donors (Lipinski definition) is 2. The second-order valence-electron chi connectivity index (χ2n) is 4.86. The van der Waals surface area contributed by atoms with E-state index in [1.807, 2.05) is 25.1 Å². The molecule has 0 aromatic heterocycles. The number of fused-ring (bicyclic) bond motifs is 1. The Balaban J connectivity index is 2.20. The summed E-state index contributed by atoms with van der Waals surface area (Å²) in [5.41, 5.74) is 3.22. The lowest BCUT2D eigenvalue weighted by Gasteiger charge is -2.24. The molecule has 0 radical (unpaired) electrons. The first kappa shape index (κ1) is 13.1. The van der Waals surface area contributed by atoms with Gasteiger partial charge in [0.05, 0.1) is 12.6 Å². The number of amides is 1. The number of rotatable bonds is 3. The second-order valence-corrected chi connectivity index (χ2v) is 4.86. The van der Waals surface area contributed by atoms with Gasteiger partial charge in [-0.25, -0.2) is 0 Å². The molecule has 1 aromatic carbocycles. The van der Waals surface area contributed by atoms with Crippen molar-refractivity contribution in [2.45, 2.75) is 25.9 Å². The Hall–Kier alpha value is -1.39. The van der Waals surface area contributed by atoms with Crippen LogP contribution in [-0.4, -0.2) is 42.2 Å². The molecule has 98 valence electrons. The van der Waals surface area contributed by atoms with Gasteiger partial charge in [-0.15, -0.1) is 0 Å². The van der Waals surface area contributed by atoms with Crippen molar-refractivity contribution in [1.82, 2.24) is 10.2 Å². The third kappa shape index (κ3) is 2.54. The molecule has 0 saturated carbocycles. The fraction of sp³-hybridized carbons (Fsp3) is 0.500. The van der Waals surface area contributed by atoms with Gasteiger partial charge in [0.15, 0.2) is 0 Å². The molecule has 0 bridgehead atoms. The number of hydrogen-bond acceptors (Lipinski definition) is 3. The number of carbonyl (C=O) groups excluding carboxylic acids is 1. The van der Waals surface area contributed by atoms with Crippen molar-refractivity contribution in [2.24, 2.45) is 0 Å². The number of aliphatic hydroxyl groups excluding tert-OH is 1. The molecule has 1 aromatic rings. The number of carbonyl (C=O) groups is 1. The number of nitrogens with zero attached hydrogens (tertiary/aromatic N) is 1. The summed E-state index contributed by atoms with van der Waals surface area (Å²) in [7, 11) is 1.72. The summed E-state index contributed by atoms with van der Waals surface area (Å²) in [5, 5.41) is 12.4. The largest absolute Gasteiger partial charge is 0.394 e. The van der Waals surface area contributed by atoms with Gasteiger partial charge in [0.2, 0.25) is 0 Å². The van der Waals surface area contributed by atoms with Gasteiger partial charge in [-0.05, 0) is 43.1 Å². The van der Waals surface area contributed by atoms with E-state index >= 15 is 0 Å². The lowest BCUT2D eigenvalue weighted by molar-refractivity contribution is 0.0682. The Kier molecular flexibility index (Phi) is 3.99. The summed E-state index contributed by atoms with van der Waals surface area (Å²) in [5.74, 6) is -0.0371. The zero-order chi connectivity index (χ0) is 13.1. The van der Waals surface area contributed by atoms with E-state index in [1.165, 1.54) is 11.1 Å². The van der Waals surface area contributed by atoms with Crippen LogP contribution in [0.2, 0.25) is 0 Å². The number of aliphatic hydroxyl groups is 1. The average Bonchev–Trinajstić information content (AvgIpc) is 2.44. The van der Waals surface area contributed by atoms with Crippen molar-refractivity contribution in [3.8, 4) is 0 Å². The number of nitrogens with one attached hydrogen (secondary N) is 1. The normalized spacial score (nSPS) is 15.9. The molecule has 1 aliphatic rings. The average molecular weight is 248 g/mol. The Morgan fingerprint density at radius 2 is 2.28 bits per heavy atom. The Morgan fingerprint density at radius 1 is 1.50 bits per heavy atom. The molecule has 18 heavy (non-hydrogen) atoms. The van der Waals surface area contributed by atoms with E-state index in [2.05, 4.69) is 5.32 Å². The van der Waals surface area contributed by atoms with Gasteiger partial charge in [-0.2, -0.15) is 0 Å². The van der Waals surface area contributed by atoms with Crippen LogP contribution in [0.15, 0.2) is 18.2 Å². The summed E-state index contributed by atoms with van der Waals surface area (Å²) in [6.45, 7) is 3.64. The third-order valence-electron chi connectivity index (χ3n) is 3.59. The number of benzene rings is 1. The van der Waals surface area contributed by atoms with Crippen LogP contribution in [0.5, 0.6) is 0 Å². The Morgan fingerprint density at radius 3 is 3.00 bits per heavy atom. The van der Waals surface area contributed by atoms with Gasteiger partial charge in [0.1, 0.15) is 0 Å². The first-order chi connectivity index (χ1) is 8.63.